The van der Waals surface area contributed by atoms with Gasteiger partial charge in [-0.25, -0.2) is 8.42 Å². The first-order valence-corrected chi connectivity index (χ1v) is 9.56. The van der Waals surface area contributed by atoms with Crippen molar-refractivity contribution in [2.24, 2.45) is 0 Å². The quantitative estimate of drug-likeness (QED) is 0.652. The molecule has 0 unspecified atom stereocenters. The number of thioether (sulfide) groups is 1. The van der Waals surface area contributed by atoms with Gasteiger partial charge < -0.3 is 5.32 Å². The Morgan fingerprint density at radius 1 is 1.00 bits per heavy atom. The predicted molar refractivity (Wildman–Crippen MR) is 89.9 cm³/mol. The van der Waals surface area contributed by atoms with Crippen LogP contribution in [0, 0.1) is 6.92 Å². The highest BCUT2D eigenvalue weighted by Crippen LogP contribution is 2.20. The van der Waals surface area contributed by atoms with Gasteiger partial charge in [-0.2, -0.15) is 0 Å². The Hall–Kier alpha value is -1.46. The Kier molecular flexibility index (Phi) is 5.31. The normalized spacial score (nSPS) is 11.3. The van der Waals surface area contributed by atoms with Crippen molar-refractivity contribution in [2.75, 3.05) is 23.9 Å². The number of hydrogen-bond acceptors (Lipinski definition) is 4. The average molecular weight is 321 g/mol. The topological polar surface area (TPSA) is 46.2 Å². The molecule has 3 nitrogen and oxygen atoms in total. The molecule has 112 valence electrons. The van der Waals surface area contributed by atoms with E-state index in [4.69, 9.17) is 0 Å². The van der Waals surface area contributed by atoms with Crippen molar-refractivity contribution in [2.45, 2.75) is 16.7 Å². The molecule has 0 aliphatic carbocycles. The summed E-state index contributed by atoms with van der Waals surface area (Å²) < 4.78 is 22.7. The number of rotatable bonds is 6. The standard InChI is InChI=1S/C16H19NO2S2/c1-13-3-5-14(6-4-13)17-11-12-20-15-7-9-16(10-8-15)21(2,18)19/h3-10,17H,11-12H2,1-2H3. The molecule has 0 aliphatic rings. The third-order valence-corrected chi connectivity index (χ3v) is 5.15. The van der Waals surface area contributed by atoms with Gasteiger partial charge in [0, 0.05) is 29.1 Å². The lowest BCUT2D eigenvalue weighted by Crippen LogP contribution is -2.03. The Bertz CT molecular complexity index is 677. The van der Waals surface area contributed by atoms with Crippen LogP contribution in [0.5, 0.6) is 0 Å². The van der Waals surface area contributed by atoms with Gasteiger partial charge >= 0.3 is 0 Å². The Labute approximate surface area is 130 Å². The van der Waals surface area contributed by atoms with Crippen LogP contribution >= 0.6 is 11.8 Å². The zero-order valence-electron chi connectivity index (χ0n) is 12.2. The Morgan fingerprint density at radius 3 is 2.19 bits per heavy atom. The van der Waals surface area contributed by atoms with Gasteiger partial charge in [-0.05, 0) is 43.3 Å². The highest BCUT2D eigenvalue weighted by Gasteiger charge is 2.05. The monoisotopic (exact) mass is 321 g/mol. The van der Waals surface area contributed by atoms with E-state index in [1.807, 2.05) is 12.1 Å². The second-order valence-corrected chi connectivity index (χ2v) is 8.07. The molecule has 0 aliphatic heterocycles. The Balaban J connectivity index is 1.80. The van der Waals surface area contributed by atoms with Crippen molar-refractivity contribution < 1.29 is 8.42 Å². The third kappa shape index (κ3) is 5.10. The summed E-state index contributed by atoms with van der Waals surface area (Å²) >= 11 is 1.70. The maximum absolute atomic E-state index is 11.4. The van der Waals surface area contributed by atoms with E-state index in [0.717, 1.165) is 22.9 Å². The molecule has 0 atom stereocenters. The van der Waals surface area contributed by atoms with Crippen LogP contribution in [0.15, 0.2) is 58.3 Å². The van der Waals surface area contributed by atoms with Crippen LogP contribution in [0.4, 0.5) is 5.69 Å². The van der Waals surface area contributed by atoms with Crippen LogP contribution in [0.3, 0.4) is 0 Å². The largest absolute Gasteiger partial charge is 0.384 e. The number of nitrogens with one attached hydrogen (secondary N) is 1. The molecule has 2 aromatic rings. The molecule has 0 saturated heterocycles. The van der Waals surface area contributed by atoms with E-state index in [1.165, 1.54) is 11.8 Å². The average Bonchev–Trinajstić information content (AvgIpc) is 2.45. The zero-order chi connectivity index (χ0) is 15.3. The SMILES string of the molecule is Cc1ccc(NCCSc2ccc(S(C)(=O)=O)cc2)cc1. The summed E-state index contributed by atoms with van der Waals surface area (Å²) in [5, 5.41) is 3.36. The molecule has 0 heterocycles. The number of anilines is 1. The van der Waals surface area contributed by atoms with Crippen LogP contribution in [-0.2, 0) is 9.84 Å². The summed E-state index contributed by atoms with van der Waals surface area (Å²) in [5.41, 5.74) is 2.37. The molecule has 2 rings (SSSR count). The molecule has 21 heavy (non-hydrogen) atoms. The van der Waals surface area contributed by atoms with Gasteiger partial charge in [-0.15, -0.1) is 11.8 Å². The van der Waals surface area contributed by atoms with Crippen LogP contribution in [0.2, 0.25) is 0 Å². The molecular weight excluding hydrogens is 302 g/mol. The van der Waals surface area contributed by atoms with E-state index in [9.17, 15) is 8.42 Å². The van der Waals surface area contributed by atoms with Gasteiger partial charge in [-0.3, -0.25) is 0 Å². The summed E-state index contributed by atoms with van der Waals surface area (Å²) in [7, 11) is -3.11. The highest BCUT2D eigenvalue weighted by molar-refractivity contribution is 7.99. The number of sulfone groups is 1. The zero-order valence-corrected chi connectivity index (χ0v) is 13.8. The lowest BCUT2D eigenvalue weighted by Gasteiger charge is -2.07. The lowest BCUT2D eigenvalue weighted by atomic mass is 10.2. The van der Waals surface area contributed by atoms with Crippen LogP contribution < -0.4 is 5.32 Å². The second kappa shape index (κ2) is 7.00. The summed E-state index contributed by atoms with van der Waals surface area (Å²) in [6.07, 6.45) is 1.22. The first kappa shape index (κ1) is 15.9. The van der Waals surface area contributed by atoms with Gasteiger partial charge in [0.05, 0.1) is 4.90 Å². The fourth-order valence-corrected chi connectivity index (χ4v) is 3.22. The molecule has 0 radical (unpaired) electrons. The van der Waals surface area contributed by atoms with Gasteiger partial charge in [0.1, 0.15) is 0 Å². The van der Waals surface area contributed by atoms with Crippen molar-refractivity contribution in [1.29, 1.82) is 0 Å². The van der Waals surface area contributed by atoms with Crippen molar-refractivity contribution in [3.8, 4) is 0 Å². The molecule has 2 aromatic carbocycles. The first-order valence-electron chi connectivity index (χ1n) is 6.68. The molecule has 0 spiro atoms. The van der Waals surface area contributed by atoms with Gasteiger partial charge in [-0.1, -0.05) is 17.7 Å². The summed E-state index contributed by atoms with van der Waals surface area (Å²) in [6, 6.07) is 15.3. The van der Waals surface area contributed by atoms with Crippen molar-refractivity contribution in [3.63, 3.8) is 0 Å². The molecule has 0 amide bonds. The van der Waals surface area contributed by atoms with Gasteiger partial charge in [0.2, 0.25) is 0 Å². The molecule has 0 saturated carbocycles. The summed E-state index contributed by atoms with van der Waals surface area (Å²) in [6.45, 7) is 2.93. The van der Waals surface area contributed by atoms with Crippen LogP contribution in [-0.4, -0.2) is 27.0 Å². The number of aryl methyl sites for hydroxylation is 1. The maximum atomic E-state index is 11.4. The van der Waals surface area contributed by atoms with E-state index in [0.29, 0.717) is 4.90 Å². The van der Waals surface area contributed by atoms with E-state index < -0.39 is 9.84 Å². The van der Waals surface area contributed by atoms with E-state index in [1.54, 1.807) is 23.9 Å². The van der Waals surface area contributed by atoms with Crippen molar-refractivity contribution >= 4 is 27.3 Å². The van der Waals surface area contributed by atoms with E-state index in [-0.39, 0.29) is 0 Å². The van der Waals surface area contributed by atoms with E-state index >= 15 is 0 Å². The lowest BCUT2D eigenvalue weighted by molar-refractivity contribution is 0.602. The molecule has 0 fully saturated rings. The highest BCUT2D eigenvalue weighted by atomic mass is 32.2. The van der Waals surface area contributed by atoms with Gasteiger partial charge in [0.15, 0.2) is 9.84 Å². The molecule has 0 aromatic heterocycles. The molecular formula is C16H19NO2S2. The number of benzene rings is 2. The molecule has 0 bridgehead atoms. The second-order valence-electron chi connectivity index (χ2n) is 4.88. The minimum absolute atomic E-state index is 0.365. The fourth-order valence-electron chi connectivity index (χ4n) is 1.82. The number of hydrogen-bond donors (Lipinski definition) is 1. The third-order valence-electron chi connectivity index (χ3n) is 3.00. The van der Waals surface area contributed by atoms with Crippen molar-refractivity contribution in [1.82, 2.24) is 0 Å². The van der Waals surface area contributed by atoms with Crippen molar-refractivity contribution in [3.05, 3.63) is 54.1 Å². The Morgan fingerprint density at radius 2 is 1.62 bits per heavy atom. The maximum Gasteiger partial charge on any atom is 0.175 e. The summed E-state index contributed by atoms with van der Waals surface area (Å²) in [5.74, 6) is 0.923. The van der Waals surface area contributed by atoms with Gasteiger partial charge in [0.25, 0.3) is 0 Å². The van der Waals surface area contributed by atoms with E-state index in [2.05, 4.69) is 36.5 Å². The first-order chi connectivity index (χ1) is 9.95. The molecule has 5 heteroatoms. The smallest absolute Gasteiger partial charge is 0.175 e. The van der Waals surface area contributed by atoms with Crippen LogP contribution in [0.1, 0.15) is 5.56 Å². The van der Waals surface area contributed by atoms with Crippen LogP contribution in [0.25, 0.3) is 0 Å². The minimum Gasteiger partial charge on any atom is -0.384 e. The predicted octanol–water partition coefficient (Wildman–Crippen LogP) is 3.60. The fraction of sp³-hybridized carbons (Fsp3) is 0.250. The molecule has 1 N–H and O–H groups in total. The summed E-state index contributed by atoms with van der Waals surface area (Å²) in [4.78, 5) is 1.44. The minimum atomic E-state index is -3.11.